The maximum atomic E-state index is 11.6. The molecule has 1 atom stereocenters. The lowest BCUT2D eigenvalue weighted by Gasteiger charge is -2.16. The number of hydrogen-bond donors (Lipinski definition) is 0. The Hall–Kier alpha value is -1.15. The topological polar surface area (TPSA) is 26.3 Å². The van der Waals surface area contributed by atoms with Gasteiger partial charge in [0.15, 0.2) is 5.78 Å². The first-order chi connectivity index (χ1) is 7.21. The van der Waals surface area contributed by atoms with Crippen LogP contribution in [0.3, 0.4) is 0 Å². The van der Waals surface area contributed by atoms with Crippen molar-refractivity contribution in [1.82, 2.24) is 0 Å². The fourth-order valence-electron chi connectivity index (χ4n) is 1.19. The van der Waals surface area contributed by atoms with Gasteiger partial charge in [-0.3, -0.25) is 4.79 Å². The molecule has 0 amide bonds. The van der Waals surface area contributed by atoms with E-state index < -0.39 is 6.10 Å². The predicted octanol–water partition coefficient (Wildman–Crippen LogP) is 3.06. The molecule has 0 heterocycles. The molecule has 2 heteroatoms. The molecular weight excluding hydrogens is 188 g/mol. The lowest BCUT2D eigenvalue weighted by Crippen LogP contribution is -2.25. The molecule has 2 nitrogen and oxygen atoms in total. The number of allylic oxidation sites excluding steroid dienone is 2. The van der Waals surface area contributed by atoms with Crippen LogP contribution in [-0.4, -0.2) is 18.5 Å². The highest BCUT2D eigenvalue weighted by Gasteiger charge is 2.19. The molecule has 0 saturated heterocycles. The standard InChI is InChI=1S/C13H20O2/c1-5-9-11(7-3)13(12(14)8-4)15-10-6-2/h5,7,9,13H,1,3,6,8,10H2,2,4H3/b11-9+. The zero-order chi connectivity index (χ0) is 11.7. The third kappa shape index (κ3) is 4.75. The van der Waals surface area contributed by atoms with Crippen LogP contribution in [0.2, 0.25) is 0 Å². The molecule has 0 spiro atoms. The van der Waals surface area contributed by atoms with E-state index in [1.807, 2.05) is 13.8 Å². The quantitative estimate of drug-likeness (QED) is 0.573. The Bertz CT molecular complexity index is 251. The number of ketones is 1. The van der Waals surface area contributed by atoms with E-state index in [0.717, 1.165) is 12.0 Å². The minimum Gasteiger partial charge on any atom is -0.366 e. The maximum Gasteiger partial charge on any atom is 0.165 e. The van der Waals surface area contributed by atoms with Crippen molar-refractivity contribution in [3.63, 3.8) is 0 Å². The zero-order valence-electron chi connectivity index (χ0n) is 9.66. The van der Waals surface area contributed by atoms with E-state index in [9.17, 15) is 4.79 Å². The van der Waals surface area contributed by atoms with E-state index in [-0.39, 0.29) is 5.78 Å². The summed E-state index contributed by atoms with van der Waals surface area (Å²) in [6, 6.07) is 0. The second-order valence-corrected chi connectivity index (χ2v) is 3.18. The molecule has 0 N–H and O–H groups in total. The van der Waals surface area contributed by atoms with Gasteiger partial charge in [-0.25, -0.2) is 0 Å². The van der Waals surface area contributed by atoms with Gasteiger partial charge in [0.05, 0.1) is 0 Å². The van der Waals surface area contributed by atoms with E-state index in [1.165, 1.54) is 0 Å². The lowest BCUT2D eigenvalue weighted by molar-refractivity contribution is -0.127. The van der Waals surface area contributed by atoms with Gasteiger partial charge in [0.1, 0.15) is 6.10 Å². The first-order valence-corrected chi connectivity index (χ1v) is 5.30. The third-order valence-electron chi connectivity index (χ3n) is 1.98. The number of Topliss-reactive ketones (excluding diaryl/α,β-unsaturated/α-hetero) is 1. The van der Waals surface area contributed by atoms with Crippen LogP contribution >= 0.6 is 0 Å². The van der Waals surface area contributed by atoms with Crippen LogP contribution in [0.15, 0.2) is 37.0 Å². The van der Waals surface area contributed by atoms with E-state index in [2.05, 4.69) is 13.2 Å². The predicted molar refractivity (Wildman–Crippen MR) is 63.8 cm³/mol. The molecule has 0 fully saturated rings. The minimum absolute atomic E-state index is 0.0800. The molecule has 0 aromatic heterocycles. The molecule has 0 radical (unpaired) electrons. The molecule has 0 aromatic rings. The molecule has 0 rings (SSSR count). The smallest absolute Gasteiger partial charge is 0.165 e. The summed E-state index contributed by atoms with van der Waals surface area (Å²) in [6.45, 7) is 11.7. The highest BCUT2D eigenvalue weighted by atomic mass is 16.5. The Morgan fingerprint density at radius 3 is 2.47 bits per heavy atom. The van der Waals surface area contributed by atoms with Crippen LogP contribution in [0.4, 0.5) is 0 Å². The van der Waals surface area contributed by atoms with E-state index in [1.54, 1.807) is 18.2 Å². The van der Waals surface area contributed by atoms with Crippen molar-refractivity contribution in [1.29, 1.82) is 0 Å². The van der Waals surface area contributed by atoms with Crippen molar-refractivity contribution in [2.75, 3.05) is 6.61 Å². The molecule has 0 aliphatic heterocycles. The summed E-state index contributed by atoms with van der Waals surface area (Å²) in [7, 11) is 0. The van der Waals surface area contributed by atoms with Gasteiger partial charge in [-0.2, -0.15) is 0 Å². The molecule has 0 aliphatic rings. The van der Waals surface area contributed by atoms with E-state index >= 15 is 0 Å². The van der Waals surface area contributed by atoms with Crippen LogP contribution in [-0.2, 0) is 9.53 Å². The first kappa shape index (κ1) is 13.8. The van der Waals surface area contributed by atoms with Gasteiger partial charge < -0.3 is 4.74 Å². The Kier molecular flexibility index (Phi) is 7.56. The van der Waals surface area contributed by atoms with Crippen LogP contribution in [0.5, 0.6) is 0 Å². The average Bonchev–Trinajstić information content (AvgIpc) is 2.27. The Morgan fingerprint density at radius 2 is 2.07 bits per heavy atom. The van der Waals surface area contributed by atoms with Gasteiger partial charge >= 0.3 is 0 Å². The number of carbonyl (C=O) groups is 1. The summed E-state index contributed by atoms with van der Waals surface area (Å²) in [4.78, 5) is 11.6. The average molecular weight is 208 g/mol. The minimum atomic E-state index is -0.481. The number of hydrogen-bond acceptors (Lipinski definition) is 2. The van der Waals surface area contributed by atoms with Crippen LogP contribution in [0.25, 0.3) is 0 Å². The van der Waals surface area contributed by atoms with E-state index in [0.29, 0.717) is 13.0 Å². The van der Waals surface area contributed by atoms with Crippen molar-refractivity contribution < 1.29 is 9.53 Å². The number of rotatable bonds is 8. The third-order valence-corrected chi connectivity index (χ3v) is 1.98. The molecule has 1 unspecified atom stereocenters. The van der Waals surface area contributed by atoms with Crippen molar-refractivity contribution in [2.45, 2.75) is 32.8 Å². The Morgan fingerprint density at radius 1 is 1.40 bits per heavy atom. The molecular formula is C13H20O2. The molecule has 15 heavy (non-hydrogen) atoms. The van der Waals surface area contributed by atoms with Crippen LogP contribution in [0, 0.1) is 0 Å². The normalized spacial score (nSPS) is 13.3. The second kappa shape index (κ2) is 8.18. The molecule has 0 aliphatic carbocycles. The Balaban J connectivity index is 4.72. The Labute approximate surface area is 92.3 Å². The van der Waals surface area contributed by atoms with Gasteiger partial charge in [-0.1, -0.05) is 45.2 Å². The first-order valence-electron chi connectivity index (χ1n) is 5.30. The summed E-state index contributed by atoms with van der Waals surface area (Å²) < 4.78 is 5.51. The molecule has 0 saturated carbocycles. The highest BCUT2D eigenvalue weighted by molar-refractivity contribution is 5.86. The van der Waals surface area contributed by atoms with Gasteiger partial charge in [0.25, 0.3) is 0 Å². The monoisotopic (exact) mass is 208 g/mol. The number of ether oxygens (including phenoxy) is 1. The van der Waals surface area contributed by atoms with Crippen LogP contribution in [0.1, 0.15) is 26.7 Å². The highest BCUT2D eigenvalue weighted by Crippen LogP contribution is 2.12. The molecule has 0 bridgehead atoms. The van der Waals surface area contributed by atoms with Gasteiger partial charge in [-0.05, 0) is 12.0 Å². The second-order valence-electron chi connectivity index (χ2n) is 3.18. The number of carbonyl (C=O) groups excluding carboxylic acids is 1. The summed E-state index contributed by atoms with van der Waals surface area (Å²) in [5.74, 6) is 0.0800. The fraction of sp³-hybridized carbons (Fsp3) is 0.462. The molecule has 0 aromatic carbocycles. The summed E-state index contributed by atoms with van der Waals surface area (Å²) in [5.41, 5.74) is 0.783. The SMILES string of the molecule is C=C/C=C(\C=C)C(OCCC)C(=O)CC. The lowest BCUT2D eigenvalue weighted by atomic mass is 10.0. The van der Waals surface area contributed by atoms with Gasteiger partial charge in [0, 0.05) is 13.0 Å². The van der Waals surface area contributed by atoms with Crippen molar-refractivity contribution in [3.8, 4) is 0 Å². The van der Waals surface area contributed by atoms with Crippen molar-refractivity contribution >= 4 is 5.78 Å². The summed E-state index contributed by atoms with van der Waals surface area (Å²) >= 11 is 0. The maximum absolute atomic E-state index is 11.6. The van der Waals surface area contributed by atoms with Crippen LogP contribution < -0.4 is 0 Å². The summed E-state index contributed by atoms with van der Waals surface area (Å²) in [6.07, 6.45) is 5.94. The molecule has 84 valence electrons. The van der Waals surface area contributed by atoms with Crippen molar-refractivity contribution in [2.24, 2.45) is 0 Å². The van der Waals surface area contributed by atoms with Crippen molar-refractivity contribution in [3.05, 3.63) is 37.0 Å². The van der Waals surface area contributed by atoms with E-state index in [4.69, 9.17) is 4.74 Å². The summed E-state index contributed by atoms with van der Waals surface area (Å²) in [5, 5.41) is 0. The fourth-order valence-corrected chi connectivity index (χ4v) is 1.19. The largest absolute Gasteiger partial charge is 0.366 e. The van der Waals surface area contributed by atoms with Gasteiger partial charge in [-0.15, -0.1) is 0 Å². The zero-order valence-corrected chi connectivity index (χ0v) is 9.66. The van der Waals surface area contributed by atoms with Gasteiger partial charge in [0.2, 0.25) is 0 Å².